The number of allylic oxidation sites excluding steroid dienone is 5. The molecule has 0 radical (unpaired) electrons. The van der Waals surface area contributed by atoms with Crippen molar-refractivity contribution in [1.82, 2.24) is 0 Å². The van der Waals surface area contributed by atoms with Crippen molar-refractivity contribution in [2.75, 3.05) is 22.9 Å². The van der Waals surface area contributed by atoms with Crippen molar-refractivity contribution in [3.05, 3.63) is 227 Å². The molecule has 1 heterocycles. The zero-order valence-electron chi connectivity index (χ0n) is 37.2. The van der Waals surface area contributed by atoms with Crippen LogP contribution >= 0.6 is 11.3 Å². The van der Waals surface area contributed by atoms with E-state index in [4.69, 9.17) is 6.57 Å². The number of anilines is 5. The van der Waals surface area contributed by atoms with E-state index in [1.54, 1.807) is 11.3 Å². The fourth-order valence-electron chi connectivity index (χ4n) is 8.45. The van der Waals surface area contributed by atoms with E-state index in [0.717, 1.165) is 73.6 Å². The number of hydrogen-bond acceptors (Lipinski definition) is 3. The van der Waals surface area contributed by atoms with Crippen molar-refractivity contribution in [2.24, 2.45) is 11.8 Å². The molecule has 0 unspecified atom stereocenters. The number of hydrogen-bond donors (Lipinski definition) is 0. The van der Waals surface area contributed by atoms with E-state index in [-0.39, 0.29) is 0 Å². The molecule has 0 fully saturated rings. The highest BCUT2D eigenvalue weighted by molar-refractivity contribution is 7.18. The Bertz CT molecular complexity index is 2800. The summed E-state index contributed by atoms with van der Waals surface area (Å²) in [5, 5.41) is 0.882. The summed E-state index contributed by atoms with van der Waals surface area (Å²) in [6.45, 7) is 24.2. The molecule has 1 aliphatic rings. The van der Waals surface area contributed by atoms with Crippen LogP contribution in [0.4, 0.5) is 39.1 Å². The number of para-hydroxylation sites is 4. The zero-order valence-corrected chi connectivity index (χ0v) is 38.0. The maximum absolute atomic E-state index is 8.90. The van der Waals surface area contributed by atoms with Gasteiger partial charge in [-0.05, 0) is 96.6 Å². The molecule has 312 valence electrons. The van der Waals surface area contributed by atoms with Gasteiger partial charge in [0, 0.05) is 75.0 Å². The number of thiophene rings is 1. The first kappa shape index (κ1) is 42.7. The molecule has 63 heavy (non-hydrogen) atoms. The van der Waals surface area contributed by atoms with E-state index >= 15 is 0 Å². The molecule has 0 N–H and O–H groups in total. The first-order valence-electron chi connectivity index (χ1n) is 22.0. The van der Waals surface area contributed by atoms with Crippen LogP contribution in [0.5, 0.6) is 0 Å². The molecule has 0 amide bonds. The van der Waals surface area contributed by atoms with E-state index in [1.807, 2.05) is 18.2 Å². The summed E-state index contributed by atoms with van der Waals surface area (Å²) < 4.78 is 2.44. The third-order valence-corrected chi connectivity index (χ3v) is 12.5. The van der Waals surface area contributed by atoms with E-state index in [0.29, 0.717) is 17.5 Å². The molecule has 1 aromatic heterocycles. The molecular weight excluding hydrogens is 785 g/mol. The van der Waals surface area contributed by atoms with Gasteiger partial charge in [0.25, 0.3) is 0 Å². The third-order valence-electron chi connectivity index (χ3n) is 11.3. The molecule has 8 rings (SSSR count). The summed E-state index contributed by atoms with van der Waals surface area (Å²) in [5.41, 5.74) is 15.1. The topological polar surface area (TPSA) is 13.8 Å². The summed E-state index contributed by atoms with van der Waals surface area (Å²) in [5.74, 6) is 0.920. The number of benzene rings is 6. The van der Waals surface area contributed by atoms with Gasteiger partial charge in [-0.3, -0.25) is 0 Å². The van der Waals surface area contributed by atoms with Gasteiger partial charge in [0.1, 0.15) is 5.00 Å². The van der Waals surface area contributed by atoms with E-state index < -0.39 is 0 Å². The van der Waals surface area contributed by atoms with Gasteiger partial charge >= 0.3 is 0 Å². The molecule has 0 atom stereocenters. The monoisotopic (exact) mass is 839 g/mol. The molecule has 0 spiro atoms. The minimum atomic E-state index is 0.460. The Morgan fingerprint density at radius 3 is 1.71 bits per heavy atom. The van der Waals surface area contributed by atoms with Gasteiger partial charge in [-0.1, -0.05) is 143 Å². The lowest BCUT2D eigenvalue weighted by Crippen LogP contribution is -2.23. The highest BCUT2D eigenvalue weighted by atomic mass is 32.1. The smallest absolute Gasteiger partial charge is 0.229 e. The number of rotatable bonds is 13. The van der Waals surface area contributed by atoms with E-state index in [1.165, 1.54) is 22.5 Å². The molecule has 6 aromatic carbocycles. The first-order valence-corrected chi connectivity index (χ1v) is 22.8. The SMILES string of the molecule is [C-]#[N+]c1c(N(c2ccccc2)c2ccccc2)sc(C(=C2C=CC(=[N+](CC(C)C)c3ccccc3C)C=C2)c2ccc(N(CC(C)C)c3ccccc3C)cc2)c1-c1ccccc1. The lowest BCUT2D eigenvalue weighted by molar-refractivity contribution is -0.447. The maximum Gasteiger partial charge on any atom is 0.229 e. The Morgan fingerprint density at radius 2 is 1.16 bits per heavy atom. The van der Waals surface area contributed by atoms with Gasteiger partial charge in [0.05, 0.1) is 6.57 Å². The first-order chi connectivity index (χ1) is 30.7. The highest BCUT2D eigenvalue weighted by Gasteiger charge is 2.30. The van der Waals surface area contributed by atoms with Crippen LogP contribution in [0.1, 0.15) is 49.3 Å². The molecule has 1 aliphatic carbocycles. The normalized spacial score (nSPS) is 12.2. The number of aryl methyl sites for hydroxylation is 2. The van der Waals surface area contributed by atoms with Crippen LogP contribution in [0.25, 0.3) is 21.5 Å². The summed E-state index contributed by atoms with van der Waals surface area (Å²) in [6, 6.07) is 57.7. The van der Waals surface area contributed by atoms with Crippen molar-refractivity contribution in [1.29, 1.82) is 0 Å². The Balaban J connectivity index is 1.39. The lowest BCUT2D eigenvalue weighted by Gasteiger charge is -2.28. The third kappa shape index (κ3) is 9.28. The Morgan fingerprint density at radius 1 is 0.603 bits per heavy atom. The molecule has 0 aliphatic heterocycles. The van der Waals surface area contributed by atoms with Crippen molar-refractivity contribution >= 4 is 61.7 Å². The summed E-state index contributed by atoms with van der Waals surface area (Å²) in [4.78, 5) is 10.2. The summed E-state index contributed by atoms with van der Waals surface area (Å²) in [6.07, 6.45) is 9.10. The Hall–Kier alpha value is -7.00. The summed E-state index contributed by atoms with van der Waals surface area (Å²) >= 11 is 1.69. The molecule has 0 saturated carbocycles. The van der Waals surface area contributed by atoms with Gasteiger partial charge in [-0.2, -0.15) is 4.58 Å². The van der Waals surface area contributed by atoms with Crippen LogP contribution in [0.2, 0.25) is 0 Å². The van der Waals surface area contributed by atoms with Crippen LogP contribution in [0.15, 0.2) is 194 Å². The molecule has 4 nitrogen and oxygen atoms in total. The van der Waals surface area contributed by atoms with Crippen LogP contribution in [-0.2, 0) is 0 Å². The van der Waals surface area contributed by atoms with Gasteiger partial charge < -0.3 is 9.80 Å². The minimum Gasteiger partial charge on any atom is -0.341 e. The average Bonchev–Trinajstić information content (AvgIpc) is 3.68. The lowest BCUT2D eigenvalue weighted by atomic mass is 9.91. The maximum atomic E-state index is 8.90. The van der Waals surface area contributed by atoms with Crippen molar-refractivity contribution in [3.8, 4) is 11.1 Å². The van der Waals surface area contributed by atoms with Gasteiger partial charge in [-0.15, -0.1) is 11.3 Å². The van der Waals surface area contributed by atoms with Crippen LogP contribution in [0.3, 0.4) is 0 Å². The van der Waals surface area contributed by atoms with Crippen LogP contribution in [0, 0.1) is 32.3 Å². The van der Waals surface area contributed by atoms with Crippen molar-refractivity contribution in [3.63, 3.8) is 0 Å². The molecule has 5 heteroatoms. The second-order valence-corrected chi connectivity index (χ2v) is 18.0. The van der Waals surface area contributed by atoms with Gasteiger partial charge in [0.2, 0.25) is 17.1 Å². The second kappa shape index (κ2) is 19.4. The standard InChI is InChI=1S/C58H55N4S/c1-41(2)39-60(52-29-19-17-21-43(52)5)48-35-31-46(32-36-48)54(47-33-37-49(38-34-47)61(40-42(3)4)53-30-20-18-22-44(53)6)57-55(45-23-11-8-12-24-45)56(59-7)58(63-57)62(50-25-13-9-14-26-50)51-27-15-10-16-28-51/h8-38,41-42H,39-40H2,1-6H3/q+1. The molecule has 0 saturated heterocycles. The average molecular weight is 840 g/mol. The molecular formula is C58H55N4S+. The predicted molar refractivity (Wildman–Crippen MR) is 270 cm³/mol. The van der Waals surface area contributed by atoms with Crippen molar-refractivity contribution < 1.29 is 4.58 Å². The van der Waals surface area contributed by atoms with Crippen LogP contribution in [-0.4, -0.2) is 23.4 Å². The van der Waals surface area contributed by atoms with Gasteiger partial charge in [-0.25, -0.2) is 4.85 Å². The number of nitrogens with zero attached hydrogens (tertiary/aromatic N) is 4. The van der Waals surface area contributed by atoms with E-state index in [2.05, 4.69) is 231 Å². The van der Waals surface area contributed by atoms with E-state index in [9.17, 15) is 0 Å². The van der Waals surface area contributed by atoms with Crippen LogP contribution < -0.4 is 9.80 Å². The Labute approximate surface area is 378 Å². The Kier molecular flexibility index (Phi) is 13.1. The van der Waals surface area contributed by atoms with Gasteiger partial charge in [0.15, 0.2) is 6.54 Å². The summed E-state index contributed by atoms with van der Waals surface area (Å²) in [7, 11) is 0. The molecule has 7 aromatic rings. The fraction of sp³-hybridized carbons (Fsp3) is 0.172. The zero-order chi connectivity index (χ0) is 43.9. The van der Waals surface area contributed by atoms with Crippen molar-refractivity contribution in [2.45, 2.75) is 41.5 Å². The highest BCUT2D eigenvalue weighted by Crippen LogP contribution is 2.55. The fourth-order valence-corrected chi connectivity index (χ4v) is 9.84. The predicted octanol–water partition coefficient (Wildman–Crippen LogP) is 16.2. The quantitative estimate of drug-likeness (QED) is 0.0848. The minimum absolute atomic E-state index is 0.460. The molecule has 0 bridgehead atoms. The second-order valence-electron chi connectivity index (χ2n) is 17.0. The largest absolute Gasteiger partial charge is 0.341 e.